The van der Waals surface area contributed by atoms with Gasteiger partial charge in [0.25, 0.3) is 0 Å². The van der Waals surface area contributed by atoms with Gasteiger partial charge in [-0.2, -0.15) is 0 Å². The average molecular weight is 403 g/mol. The lowest BCUT2D eigenvalue weighted by Crippen LogP contribution is -2.63. The van der Waals surface area contributed by atoms with Crippen molar-refractivity contribution in [3.05, 3.63) is 12.2 Å². The van der Waals surface area contributed by atoms with Crippen LogP contribution >= 0.6 is 0 Å². The maximum absolute atomic E-state index is 12.4. The van der Waals surface area contributed by atoms with Gasteiger partial charge in [0.15, 0.2) is 0 Å². The molecule has 5 aliphatic rings. The molecule has 29 heavy (non-hydrogen) atoms. The molecule has 0 aromatic rings. The topological polar surface area (TPSA) is 63.6 Å². The SMILES string of the molecule is C=C1C[C@@]23CC[C@@H]4[C@@](C)(CCC[C@@]4(C)C(=O)O)[C@@H]2C[C@@H]1[C@H](OC(=O)CC(C)C)C3. The van der Waals surface area contributed by atoms with Gasteiger partial charge in [0.05, 0.1) is 5.41 Å². The van der Waals surface area contributed by atoms with Crippen molar-refractivity contribution in [3.8, 4) is 0 Å². The molecule has 162 valence electrons. The summed E-state index contributed by atoms with van der Waals surface area (Å²) in [6.45, 7) is 12.9. The maximum Gasteiger partial charge on any atom is 0.309 e. The first-order valence-corrected chi connectivity index (χ1v) is 11.6. The van der Waals surface area contributed by atoms with E-state index in [0.717, 1.165) is 51.4 Å². The molecule has 0 unspecified atom stereocenters. The largest absolute Gasteiger partial charge is 0.481 e. The van der Waals surface area contributed by atoms with Gasteiger partial charge in [-0.25, -0.2) is 0 Å². The van der Waals surface area contributed by atoms with E-state index >= 15 is 0 Å². The lowest BCUT2D eigenvalue weighted by atomic mass is 9.36. The fourth-order valence-corrected chi connectivity index (χ4v) is 8.22. The molecule has 5 fully saturated rings. The number of aliphatic carboxylic acids is 1. The van der Waals surface area contributed by atoms with Gasteiger partial charge in [-0.3, -0.25) is 9.59 Å². The van der Waals surface area contributed by atoms with Gasteiger partial charge in [0.2, 0.25) is 0 Å². The van der Waals surface area contributed by atoms with Crippen LogP contribution in [-0.2, 0) is 14.3 Å². The summed E-state index contributed by atoms with van der Waals surface area (Å²) in [7, 11) is 0. The summed E-state index contributed by atoms with van der Waals surface area (Å²) in [5.74, 6) is 0.619. The third kappa shape index (κ3) is 3.08. The van der Waals surface area contributed by atoms with Crippen LogP contribution < -0.4 is 0 Å². The van der Waals surface area contributed by atoms with E-state index in [1.54, 1.807) is 0 Å². The van der Waals surface area contributed by atoms with Crippen molar-refractivity contribution in [1.29, 1.82) is 0 Å². The Kier molecular flexibility index (Phi) is 4.94. The molecule has 0 aromatic carbocycles. The first kappa shape index (κ1) is 20.9. The number of ether oxygens (including phenoxy) is 1. The number of carbonyl (C=O) groups excluding carboxylic acids is 1. The van der Waals surface area contributed by atoms with Gasteiger partial charge < -0.3 is 9.84 Å². The third-order valence-electron chi connectivity index (χ3n) is 9.44. The third-order valence-corrected chi connectivity index (χ3v) is 9.44. The Balaban J connectivity index is 1.61. The summed E-state index contributed by atoms with van der Waals surface area (Å²) in [5, 5.41) is 10.1. The molecule has 2 bridgehead atoms. The van der Waals surface area contributed by atoms with Crippen molar-refractivity contribution >= 4 is 11.9 Å². The average Bonchev–Trinajstić information content (AvgIpc) is 2.59. The Bertz CT molecular complexity index is 726. The smallest absolute Gasteiger partial charge is 0.309 e. The molecule has 5 aliphatic carbocycles. The maximum atomic E-state index is 12.4. The second-order valence-corrected chi connectivity index (χ2v) is 11.6. The van der Waals surface area contributed by atoms with Gasteiger partial charge in [0, 0.05) is 12.3 Å². The standard InChI is InChI=1S/C25H38O4/c1-15(2)11-21(26)29-18-14-25-10-7-19-23(4,8-6-9-24(19,5)22(27)28)20(25)12-17(18)16(3)13-25/h15,17-20H,3,6-14H2,1-2,4-5H3,(H,27,28)/t17-,18+,19+,20-,23+,24+,25+/m0/s1. The van der Waals surface area contributed by atoms with Crippen molar-refractivity contribution in [1.82, 2.24) is 0 Å². The minimum Gasteiger partial charge on any atom is -0.481 e. The second-order valence-electron chi connectivity index (χ2n) is 11.6. The van der Waals surface area contributed by atoms with Crippen LogP contribution in [0.2, 0.25) is 0 Å². The fraction of sp³-hybridized carbons (Fsp3) is 0.840. The van der Waals surface area contributed by atoms with Crippen LogP contribution in [0.4, 0.5) is 0 Å². The number of esters is 1. The van der Waals surface area contributed by atoms with Gasteiger partial charge in [-0.05, 0) is 80.5 Å². The van der Waals surface area contributed by atoms with Crippen molar-refractivity contribution in [3.63, 3.8) is 0 Å². The molecule has 5 saturated carbocycles. The van der Waals surface area contributed by atoms with Crippen LogP contribution in [0, 0.1) is 39.9 Å². The van der Waals surface area contributed by atoms with E-state index in [-0.39, 0.29) is 34.7 Å². The van der Waals surface area contributed by atoms with E-state index < -0.39 is 11.4 Å². The van der Waals surface area contributed by atoms with E-state index in [1.165, 1.54) is 5.57 Å². The Morgan fingerprint density at radius 1 is 1.21 bits per heavy atom. The number of carboxylic acids is 1. The molecule has 4 nitrogen and oxygen atoms in total. The van der Waals surface area contributed by atoms with Crippen LogP contribution in [0.15, 0.2) is 12.2 Å². The highest BCUT2D eigenvalue weighted by atomic mass is 16.5. The van der Waals surface area contributed by atoms with E-state index in [1.807, 2.05) is 20.8 Å². The monoisotopic (exact) mass is 402 g/mol. The van der Waals surface area contributed by atoms with Crippen LogP contribution in [0.3, 0.4) is 0 Å². The van der Waals surface area contributed by atoms with Gasteiger partial charge in [-0.15, -0.1) is 0 Å². The molecular weight excluding hydrogens is 364 g/mol. The van der Waals surface area contributed by atoms with E-state index in [0.29, 0.717) is 18.3 Å². The van der Waals surface area contributed by atoms with Crippen molar-refractivity contribution < 1.29 is 19.4 Å². The van der Waals surface area contributed by atoms with Crippen LogP contribution in [-0.4, -0.2) is 23.1 Å². The Morgan fingerprint density at radius 3 is 2.59 bits per heavy atom. The van der Waals surface area contributed by atoms with Gasteiger partial charge >= 0.3 is 11.9 Å². The first-order valence-electron chi connectivity index (χ1n) is 11.6. The summed E-state index contributed by atoms with van der Waals surface area (Å²) < 4.78 is 6.00. The Hall–Kier alpha value is -1.32. The normalized spacial score (nSPS) is 46.2. The molecular formula is C25H38O4. The minimum atomic E-state index is -0.616. The van der Waals surface area contributed by atoms with Gasteiger partial charge in [-0.1, -0.05) is 39.3 Å². The summed E-state index contributed by atoms with van der Waals surface area (Å²) in [4.78, 5) is 24.6. The van der Waals surface area contributed by atoms with Crippen LogP contribution in [0.1, 0.15) is 85.5 Å². The van der Waals surface area contributed by atoms with Crippen molar-refractivity contribution in [2.24, 2.45) is 39.9 Å². The molecule has 0 heterocycles. The van der Waals surface area contributed by atoms with Crippen LogP contribution in [0.25, 0.3) is 0 Å². The molecule has 0 radical (unpaired) electrons. The van der Waals surface area contributed by atoms with E-state index in [4.69, 9.17) is 4.74 Å². The number of carboxylic acid groups (broad SMARTS) is 1. The summed E-state index contributed by atoms with van der Waals surface area (Å²) in [6, 6.07) is 0. The highest BCUT2D eigenvalue weighted by Gasteiger charge is 2.66. The van der Waals surface area contributed by atoms with Crippen molar-refractivity contribution in [2.75, 3.05) is 0 Å². The zero-order valence-electron chi connectivity index (χ0n) is 18.6. The summed E-state index contributed by atoms with van der Waals surface area (Å²) in [6.07, 6.45) is 8.38. The fourth-order valence-electron chi connectivity index (χ4n) is 8.22. The van der Waals surface area contributed by atoms with Crippen LogP contribution in [0.5, 0.6) is 0 Å². The number of carbonyl (C=O) groups is 2. The minimum absolute atomic E-state index is 0.0339. The Morgan fingerprint density at radius 2 is 1.93 bits per heavy atom. The molecule has 0 aromatic heterocycles. The summed E-state index contributed by atoms with van der Waals surface area (Å²) >= 11 is 0. The number of rotatable bonds is 4. The quantitative estimate of drug-likeness (QED) is 0.490. The number of hydrogen-bond acceptors (Lipinski definition) is 3. The zero-order valence-corrected chi connectivity index (χ0v) is 18.6. The zero-order chi connectivity index (χ0) is 21.2. The lowest BCUT2D eigenvalue weighted by molar-refractivity contribution is -0.209. The van der Waals surface area contributed by atoms with E-state index in [9.17, 15) is 14.7 Å². The molecule has 1 N–H and O–H groups in total. The number of hydrogen-bond donors (Lipinski definition) is 1. The number of fused-ring (bicyclic) bond motifs is 3. The first-order chi connectivity index (χ1) is 13.5. The predicted molar refractivity (Wildman–Crippen MR) is 112 cm³/mol. The van der Waals surface area contributed by atoms with Gasteiger partial charge in [0.1, 0.15) is 6.10 Å². The van der Waals surface area contributed by atoms with E-state index in [2.05, 4.69) is 13.5 Å². The molecule has 1 spiro atoms. The Labute approximate surface area is 175 Å². The van der Waals surface area contributed by atoms with Crippen molar-refractivity contribution in [2.45, 2.75) is 91.6 Å². The highest BCUT2D eigenvalue weighted by Crippen LogP contribution is 2.72. The molecule has 7 atom stereocenters. The molecule has 5 rings (SSSR count). The molecule has 0 aliphatic heterocycles. The molecule has 0 saturated heterocycles. The highest BCUT2D eigenvalue weighted by molar-refractivity contribution is 5.75. The molecule has 0 amide bonds. The predicted octanol–water partition coefficient (Wildman–Crippen LogP) is 5.61. The second kappa shape index (κ2) is 6.85. The lowest BCUT2D eigenvalue weighted by Gasteiger charge is -2.68. The molecule has 4 heteroatoms. The summed E-state index contributed by atoms with van der Waals surface area (Å²) in [5.41, 5.74) is 0.853.